The molecule has 4 aromatic carbocycles. The number of hydrogen-bond acceptors (Lipinski definition) is 16. The highest BCUT2D eigenvalue weighted by Gasteiger charge is 2.47. The first kappa shape index (κ1) is 59.4. The molecular weight excluding hydrogens is 1120 g/mol. The van der Waals surface area contributed by atoms with Gasteiger partial charge in [-0.25, -0.2) is 4.79 Å². The standard InChI is InChI=1S/C50H55N3O20S5/c1-49(2)42(51(24-12-8-11-16-46(56)73-53-44(54)21-22-45(53)55)38-19-17-34-36(47(38)49)28-32(75(60,61)62)30-40(34)77(66,67)68)14-9-6-5-7-10-15-43-50(3,23-13-27-74(57,58)59)48-37-29-33(76(63,64)65)31-41(78(69,70)71)35(37)18-20-39(48)52(43)25-26-72-4/h5-7,9-10,14-15,17-22,28-31H,8,11-13,16,23-27H2,1-4H3,(H6-,54,55,57,58,59,60,61,62,63,64,65,66,67,68,69,70,71)/p+1. The van der Waals surface area contributed by atoms with Gasteiger partial charge in [0.15, 0.2) is 5.71 Å². The second-order valence-corrected chi connectivity index (χ2v) is 26.4. The molecule has 1 aromatic heterocycles. The summed E-state index contributed by atoms with van der Waals surface area (Å²) in [4.78, 5) is 16.3. The maximum absolute atomic E-state index is 12.7. The highest BCUT2D eigenvalue weighted by Crippen LogP contribution is 2.54. The largest absolute Gasteiger partial charge is 0.492 e. The van der Waals surface area contributed by atoms with Crippen molar-refractivity contribution in [2.24, 2.45) is 0 Å². The number of hydrogen-bond donors (Lipinski definition) is 7. The van der Waals surface area contributed by atoms with Crippen molar-refractivity contribution in [2.75, 3.05) is 37.5 Å². The summed E-state index contributed by atoms with van der Waals surface area (Å²) in [5.74, 6) is -2.35. The number of carbonyl (C=O) groups excluding carboxylic acids is 1. The Kier molecular flexibility index (Phi) is 16.8. The maximum atomic E-state index is 12.7. The Morgan fingerprint density at radius 3 is 1.74 bits per heavy atom. The molecule has 0 saturated carbocycles. The molecule has 0 bridgehead atoms. The molecule has 7 N–H and O–H groups in total. The molecule has 28 heteroatoms. The van der Waals surface area contributed by atoms with Crippen molar-refractivity contribution in [3.63, 3.8) is 0 Å². The van der Waals surface area contributed by atoms with Crippen LogP contribution in [0.15, 0.2) is 128 Å². The number of nitrogens with zero attached hydrogens (tertiary/aromatic N) is 3. The lowest BCUT2D eigenvalue weighted by Gasteiger charge is -2.30. The van der Waals surface area contributed by atoms with E-state index in [1.54, 1.807) is 61.6 Å². The van der Waals surface area contributed by atoms with Gasteiger partial charge in [-0.1, -0.05) is 36.4 Å². The third kappa shape index (κ3) is 12.4. The number of aromatic nitrogens is 1. The van der Waals surface area contributed by atoms with Crippen LogP contribution in [0.1, 0.15) is 70.4 Å². The van der Waals surface area contributed by atoms with Gasteiger partial charge >= 0.3 is 5.97 Å². The van der Waals surface area contributed by atoms with E-state index < -0.39 is 104 Å². The van der Waals surface area contributed by atoms with Gasteiger partial charge < -0.3 is 24.7 Å². The van der Waals surface area contributed by atoms with Gasteiger partial charge in [-0.3, -0.25) is 22.8 Å². The predicted molar refractivity (Wildman–Crippen MR) is 286 cm³/mol. The summed E-state index contributed by atoms with van der Waals surface area (Å²) in [5, 5.41) is 19.7. The van der Waals surface area contributed by atoms with E-state index in [9.17, 15) is 79.9 Å². The minimum atomic E-state index is -5.09. The number of fused-ring (bicyclic) bond motifs is 6. The average Bonchev–Trinajstić information content (AvgIpc) is 4.02. The quantitative estimate of drug-likeness (QED) is 0.0170. The van der Waals surface area contributed by atoms with Crippen LogP contribution < -0.4 is 9.74 Å². The number of aromatic hydroxyl groups is 2. The molecular formula is C50H56N3O20S5+. The molecule has 0 aliphatic carbocycles. The first-order valence-electron chi connectivity index (χ1n) is 23.7. The SMILES string of the molecule is COCCN1C(=CC=CC=CC=CC2=[N+](CCCCCC(=O)On3c(O)ccc3O)c3ccc4c(S(=O)(=O)O)cc(S(=O)(=O)O)cc4c3C2(C)C)C(C)(CCCS(=O)(=O)O)c2c1ccc1c(S(=O)(=O)O)cc(S(=O)(=O)O)cc21. The first-order valence-corrected chi connectivity index (χ1v) is 31.1. The van der Waals surface area contributed by atoms with E-state index in [0.29, 0.717) is 76.6 Å². The van der Waals surface area contributed by atoms with Crippen molar-refractivity contribution in [3.8, 4) is 11.8 Å². The fraction of sp³-hybridized carbons (Fsp3) is 0.320. The smallest absolute Gasteiger partial charge is 0.333 e. The molecule has 7 rings (SSSR count). The Balaban J connectivity index is 1.26. The topological polar surface area (TPSA) is 359 Å². The summed E-state index contributed by atoms with van der Waals surface area (Å²) in [5.41, 5.74) is 0.657. The Bertz CT molecular complexity index is 3990. The second kappa shape index (κ2) is 22.1. The van der Waals surface area contributed by atoms with Crippen LogP contribution >= 0.6 is 0 Å². The third-order valence-electron chi connectivity index (χ3n) is 13.6. The van der Waals surface area contributed by atoms with Gasteiger partial charge in [0.25, 0.3) is 50.6 Å². The molecule has 23 nitrogen and oxygen atoms in total. The zero-order valence-electron chi connectivity index (χ0n) is 42.2. The second-order valence-electron chi connectivity index (χ2n) is 19.2. The van der Waals surface area contributed by atoms with E-state index >= 15 is 0 Å². The van der Waals surface area contributed by atoms with Crippen LogP contribution in [-0.4, -0.2) is 129 Å². The summed E-state index contributed by atoms with van der Waals surface area (Å²) < 4.78 is 183. The minimum absolute atomic E-state index is 0.00748. The average molecular weight is 1180 g/mol. The van der Waals surface area contributed by atoms with E-state index in [0.717, 1.165) is 24.3 Å². The van der Waals surface area contributed by atoms with Crippen molar-refractivity contribution < 1.29 is 94.0 Å². The zero-order chi connectivity index (χ0) is 57.6. The molecule has 0 amide bonds. The van der Waals surface area contributed by atoms with Crippen LogP contribution in [0.4, 0.5) is 11.4 Å². The Morgan fingerprint density at radius 2 is 1.19 bits per heavy atom. The van der Waals surface area contributed by atoms with Crippen LogP contribution in [0.3, 0.4) is 0 Å². The molecule has 5 aromatic rings. The summed E-state index contributed by atoms with van der Waals surface area (Å²) in [6, 6.07) is 11.7. The summed E-state index contributed by atoms with van der Waals surface area (Å²) in [6.45, 7) is 5.97. The number of carbonyl (C=O) groups is 1. The van der Waals surface area contributed by atoms with Gasteiger partial charge in [-0.05, 0) is 105 Å². The van der Waals surface area contributed by atoms with Crippen LogP contribution in [0.2, 0.25) is 0 Å². The third-order valence-corrected chi connectivity index (χ3v) is 17.9. The highest BCUT2D eigenvalue weighted by atomic mass is 32.2. The lowest BCUT2D eigenvalue weighted by Crippen LogP contribution is -2.31. The molecule has 2 aliphatic heterocycles. The van der Waals surface area contributed by atoms with Crippen LogP contribution in [0.25, 0.3) is 21.5 Å². The van der Waals surface area contributed by atoms with Gasteiger partial charge in [0.1, 0.15) is 16.3 Å². The fourth-order valence-electron chi connectivity index (χ4n) is 10.2. The Hall–Kier alpha value is -6.31. The molecule has 0 fully saturated rings. The molecule has 78 heavy (non-hydrogen) atoms. The molecule has 420 valence electrons. The number of rotatable bonds is 22. The van der Waals surface area contributed by atoms with Crippen LogP contribution in [0, 0.1) is 0 Å². The van der Waals surface area contributed by atoms with Gasteiger partial charge in [0.2, 0.25) is 17.4 Å². The Morgan fingerprint density at radius 1 is 0.641 bits per heavy atom. The number of anilines is 1. The normalized spacial score (nSPS) is 17.7. The summed E-state index contributed by atoms with van der Waals surface area (Å²) >= 11 is 0. The molecule has 0 spiro atoms. The number of methoxy groups -OCH3 is 1. The lowest BCUT2D eigenvalue weighted by molar-refractivity contribution is -0.438. The monoisotopic (exact) mass is 1180 g/mol. The van der Waals surface area contributed by atoms with Gasteiger partial charge in [0.05, 0.1) is 27.6 Å². The molecule has 2 aliphatic rings. The highest BCUT2D eigenvalue weighted by molar-refractivity contribution is 7.87. The summed E-state index contributed by atoms with van der Waals surface area (Å²) in [7, 11) is -23.2. The van der Waals surface area contributed by atoms with Crippen molar-refractivity contribution in [1.82, 2.24) is 4.73 Å². The predicted octanol–water partition coefficient (Wildman–Crippen LogP) is 6.43. The molecule has 0 radical (unpaired) electrons. The van der Waals surface area contributed by atoms with Gasteiger partial charge in [-0.15, -0.1) is 4.73 Å². The van der Waals surface area contributed by atoms with E-state index in [1.807, 2.05) is 23.3 Å². The Labute approximate surface area is 450 Å². The maximum Gasteiger partial charge on any atom is 0.333 e. The van der Waals surface area contributed by atoms with Gasteiger partial charge in [-0.2, -0.15) is 46.7 Å². The number of unbranched alkanes of at least 4 members (excludes halogenated alkanes) is 2. The van der Waals surface area contributed by atoms with Crippen molar-refractivity contribution in [1.29, 1.82) is 0 Å². The lowest BCUT2D eigenvalue weighted by atomic mass is 9.75. The van der Waals surface area contributed by atoms with Crippen LogP contribution in [-0.2, 0) is 71.0 Å². The zero-order valence-corrected chi connectivity index (χ0v) is 46.3. The van der Waals surface area contributed by atoms with Crippen molar-refractivity contribution in [2.45, 2.75) is 89.7 Å². The molecule has 0 saturated heterocycles. The molecule has 1 atom stereocenters. The van der Waals surface area contributed by atoms with E-state index in [1.165, 1.54) is 19.2 Å². The minimum Gasteiger partial charge on any atom is -0.492 e. The number of benzene rings is 4. The number of ether oxygens (including phenoxy) is 1. The summed E-state index contributed by atoms with van der Waals surface area (Å²) in [6.07, 6.45) is 12.9. The number of allylic oxidation sites excluding steroid dienone is 8. The fourth-order valence-corrected chi connectivity index (χ4v) is 13.4. The van der Waals surface area contributed by atoms with E-state index in [4.69, 9.17) is 9.57 Å². The van der Waals surface area contributed by atoms with Crippen molar-refractivity contribution >= 4 is 95.2 Å². The van der Waals surface area contributed by atoms with E-state index in [-0.39, 0.29) is 54.0 Å². The first-order chi connectivity index (χ1) is 36.2. The molecule has 1 unspecified atom stereocenters. The van der Waals surface area contributed by atoms with Gasteiger partial charge in [0, 0.05) is 83.9 Å². The van der Waals surface area contributed by atoms with E-state index in [2.05, 4.69) is 0 Å². The van der Waals surface area contributed by atoms with Crippen LogP contribution in [0.5, 0.6) is 11.8 Å². The van der Waals surface area contributed by atoms with Crippen molar-refractivity contribution in [3.05, 3.63) is 120 Å². The molecule has 3 heterocycles.